The number of para-hydroxylation sites is 1. The molecule has 0 saturated carbocycles. The lowest BCUT2D eigenvalue weighted by Gasteiger charge is -2.11. The van der Waals surface area contributed by atoms with Crippen LogP contribution < -0.4 is 10.1 Å². The molecule has 0 unspecified atom stereocenters. The molecule has 0 fully saturated rings. The molecule has 1 aromatic carbocycles. The van der Waals surface area contributed by atoms with E-state index in [0.29, 0.717) is 10.1 Å². The van der Waals surface area contributed by atoms with Crippen molar-refractivity contribution in [3.8, 4) is 5.75 Å². The third kappa shape index (κ3) is 4.67. The minimum absolute atomic E-state index is 0.148. The number of nitrogens with one attached hydrogen (secondary N) is 1. The first-order chi connectivity index (χ1) is 11.0. The number of amides is 1. The second-order valence-corrected chi connectivity index (χ2v) is 7.21. The van der Waals surface area contributed by atoms with Gasteiger partial charge >= 0.3 is 5.97 Å². The van der Waals surface area contributed by atoms with Crippen molar-refractivity contribution in [2.24, 2.45) is 0 Å². The molecule has 122 valence electrons. The molecule has 0 saturated heterocycles. The Morgan fingerprint density at radius 2 is 2.13 bits per heavy atom. The summed E-state index contributed by atoms with van der Waals surface area (Å²) in [5, 5.41) is 4.20. The van der Waals surface area contributed by atoms with Crippen molar-refractivity contribution < 1.29 is 19.1 Å². The Hall–Kier alpha value is -2.12. The highest BCUT2D eigenvalue weighted by atomic mass is 32.2. The monoisotopic (exact) mass is 350 g/mol. The quantitative estimate of drug-likeness (QED) is 0.375. The Labute approximate surface area is 141 Å². The fourth-order valence-corrected chi connectivity index (χ4v) is 3.73. The fraction of sp³-hybridized carbons (Fsp3) is 0.188. The Morgan fingerprint density at radius 1 is 1.39 bits per heavy atom. The van der Waals surface area contributed by atoms with E-state index in [-0.39, 0.29) is 12.5 Å². The smallest absolute Gasteiger partial charge is 0.343 e. The zero-order valence-corrected chi connectivity index (χ0v) is 14.3. The summed E-state index contributed by atoms with van der Waals surface area (Å²) in [5.41, 5.74) is 0.823. The van der Waals surface area contributed by atoms with Crippen LogP contribution in [0.3, 0.4) is 0 Å². The Bertz CT molecular complexity index is 774. The van der Waals surface area contributed by atoms with Crippen molar-refractivity contribution in [3.63, 3.8) is 0 Å². The summed E-state index contributed by atoms with van der Waals surface area (Å²) < 4.78 is 10.5. The van der Waals surface area contributed by atoms with Gasteiger partial charge in [-0.2, -0.15) is 4.86 Å². The summed E-state index contributed by atoms with van der Waals surface area (Å²) in [6, 6.07) is 7.35. The van der Waals surface area contributed by atoms with E-state index in [2.05, 4.69) is 10.1 Å². The zero-order valence-electron chi connectivity index (χ0n) is 12.7. The molecule has 0 bridgehead atoms. The molecule has 1 aliphatic heterocycles. The van der Waals surface area contributed by atoms with Crippen LogP contribution in [0.2, 0.25) is 0 Å². The van der Waals surface area contributed by atoms with Crippen LogP contribution in [-0.2, 0) is 24.4 Å². The van der Waals surface area contributed by atoms with Crippen LogP contribution in [0.15, 0.2) is 30.3 Å². The fourth-order valence-electron chi connectivity index (χ4n) is 1.81. The second-order valence-electron chi connectivity index (χ2n) is 4.58. The SMILES string of the molecule is COC(=O)COc1ccccc1C=CC(C)=[S-]1=CC(=O)NC1=S. The number of ether oxygens (including phenoxy) is 2. The van der Waals surface area contributed by atoms with Gasteiger partial charge in [-0.05, 0) is 10.4 Å². The number of methoxy groups -OCH3 is 1. The van der Waals surface area contributed by atoms with E-state index in [1.807, 2.05) is 37.3 Å². The number of allylic oxidation sites excluding steroid dienone is 1. The molecule has 5 nitrogen and oxygen atoms in total. The zero-order chi connectivity index (χ0) is 16.8. The topological polar surface area (TPSA) is 64.6 Å². The van der Waals surface area contributed by atoms with Crippen molar-refractivity contribution in [2.45, 2.75) is 6.92 Å². The van der Waals surface area contributed by atoms with Crippen molar-refractivity contribution >= 4 is 54.8 Å². The number of hydrogen-bond donors (Lipinski definition) is 1. The van der Waals surface area contributed by atoms with Gasteiger partial charge in [0.15, 0.2) is 6.61 Å². The molecule has 0 spiro atoms. The first-order valence-corrected chi connectivity index (χ1v) is 8.44. The maximum atomic E-state index is 11.3. The summed E-state index contributed by atoms with van der Waals surface area (Å²) in [7, 11) is 0.834. The average Bonchev–Trinajstić information content (AvgIpc) is 2.89. The lowest BCUT2D eigenvalue weighted by Crippen LogP contribution is -2.21. The van der Waals surface area contributed by atoms with Gasteiger partial charge in [-0.15, -0.1) is 5.37 Å². The molecule has 0 atom stereocenters. The Kier molecular flexibility index (Phi) is 5.95. The molecule has 0 aromatic heterocycles. The number of rotatable bonds is 5. The third-order valence-electron chi connectivity index (χ3n) is 2.99. The summed E-state index contributed by atoms with van der Waals surface area (Å²) in [5.74, 6) is -0.0196. The summed E-state index contributed by atoms with van der Waals surface area (Å²) in [6.45, 7) is 1.77. The molecule has 23 heavy (non-hydrogen) atoms. The highest BCUT2D eigenvalue weighted by Gasteiger charge is 2.04. The maximum absolute atomic E-state index is 11.3. The van der Waals surface area contributed by atoms with Gasteiger partial charge in [0.25, 0.3) is 0 Å². The predicted octanol–water partition coefficient (Wildman–Crippen LogP) is 1.28. The Balaban J connectivity index is 2.22. The Morgan fingerprint density at radius 3 is 2.78 bits per heavy atom. The van der Waals surface area contributed by atoms with Crippen LogP contribution in [0, 0.1) is 0 Å². The van der Waals surface area contributed by atoms with Gasteiger partial charge in [-0.3, -0.25) is 4.79 Å². The van der Waals surface area contributed by atoms with E-state index < -0.39 is 16.0 Å². The maximum Gasteiger partial charge on any atom is 0.343 e. The number of carbonyl (C=O) groups excluding carboxylic acids is 2. The number of esters is 1. The number of hydrogen-bond acceptors (Lipinski definition) is 6. The summed E-state index contributed by atoms with van der Waals surface area (Å²) in [4.78, 5) is 23.5. The summed E-state index contributed by atoms with van der Waals surface area (Å²) in [6.07, 6.45) is 3.76. The lowest BCUT2D eigenvalue weighted by molar-refractivity contribution is -0.142. The van der Waals surface area contributed by atoms with E-state index in [1.165, 1.54) is 7.11 Å². The van der Waals surface area contributed by atoms with Gasteiger partial charge in [0.1, 0.15) is 5.75 Å². The van der Waals surface area contributed by atoms with E-state index in [1.54, 1.807) is 11.4 Å². The van der Waals surface area contributed by atoms with Gasteiger partial charge in [0.05, 0.1) is 7.11 Å². The van der Waals surface area contributed by atoms with Crippen molar-refractivity contribution in [1.82, 2.24) is 5.32 Å². The first-order valence-electron chi connectivity index (χ1n) is 6.74. The van der Waals surface area contributed by atoms with Crippen molar-refractivity contribution in [2.75, 3.05) is 13.7 Å². The average molecular weight is 350 g/mol. The number of thiocarbonyl (C=S) groups is 1. The standard InChI is InChI=1S/C16H16NO4S2/c1-11(23-10-14(18)17-16(23)22)7-8-12-5-3-4-6-13(12)21-9-15(19)20-2/h3-8,10H,9H2,1-2H3,(H,17,18,22)/q-1. The normalized spacial score (nSPS) is 17.7. The minimum atomic E-state index is -0.479. The lowest BCUT2D eigenvalue weighted by atomic mass is 10.2. The van der Waals surface area contributed by atoms with E-state index in [9.17, 15) is 9.59 Å². The van der Waals surface area contributed by atoms with Gasteiger partial charge in [-0.1, -0.05) is 49.5 Å². The van der Waals surface area contributed by atoms with E-state index in [0.717, 1.165) is 10.4 Å². The molecule has 1 aromatic rings. The highest BCUT2D eigenvalue weighted by Crippen LogP contribution is 2.19. The van der Waals surface area contributed by atoms with E-state index >= 15 is 0 Å². The minimum Gasteiger partial charge on any atom is -0.481 e. The van der Waals surface area contributed by atoms with Gasteiger partial charge in [-0.25, -0.2) is 4.79 Å². The largest absolute Gasteiger partial charge is 0.481 e. The molecular formula is C16H16NO4S2-. The van der Waals surface area contributed by atoms with Crippen molar-refractivity contribution in [3.05, 3.63) is 35.9 Å². The molecule has 0 aliphatic carbocycles. The molecule has 1 aliphatic rings. The first kappa shape index (κ1) is 17.2. The number of benzene rings is 1. The highest BCUT2D eigenvalue weighted by molar-refractivity contribution is 8.19. The van der Waals surface area contributed by atoms with Crippen LogP contribution in [0.4, 0.5) is 0 Å². The van der Waals surface area contributed by atoms with Gasteiger partial charge < -0.3 is 24.9 Å². The van der Waals surface area contributed by atoms with Crippen molar-refractivity contribution in [1.29, 1.82) is 0 Å². The third-order valence-corrected chi connectivity index (χ3v) is 5.41. The van der Waals surface area contributed by atoms with Crippen LogP contribution in [0.25, 0.3) is 6.08 Å². The molecule has 1 amide bonds. The van der Waals surface area contributed by atoms with E-state index in [4.69, 9.17) is 17.0 Å². The van der Waals surface area contributed by atoms with Crippen LogP contribution in [-0.4, -0.2) is 40.1 Å². The van der Waals surface area contributed by atoms with Crippen LogP contribution >= 0.6 is 12.2 Å². The molecule has 0 radical (unpaired) electrons. The van der Waals surface area contributed by atoms with Gasteiger partial charge in [0, 0.05) is 5.56 Å². The summed E-state index contributed by atoms with van der Waals surface area (Å²) >= 11 is 5.15. The number of carbonyl (C=O) groups is 2. The van der Waals surface area contributed by atoms with Gasteiger partial charge in [0.2, 0.25) is 5.91 Å². The predicted molar refractivity (Wildman–Crippen MR) is 97.8 cm³/mol. The molecule has 2 rings (SSSR count). The van der Waals surface area contributed by atoms with Crippen LogP contribution in [0.5, 0.6) is 5.75 Å². The molecule has 1 N–H and O–H groups in total. The van der Waals surface area contributed by atoms with Crippen LogP contribution in [0.1, 0.15) is 12.5 Å². The molecule has 7 heteroatoms. The second kappa shape index (κ2) is 7.94. The molecular weight excluding hydrogens is 334 g/mol. The molecule has 1 heterocycles.